The highest BCUT2D eigenvalue weighted by atomic mass is 16.5. The number of H-pyrrole nitrogens is 1. The third-order valence-corrected chi connectivity index (χ3v) is 6.84. The van der Waals surface area contributed by atoms with Crippen LogP contribution in [0.25, 0.3) is 21.9 Å². The van der Waals surface area contributed by atoms with Crippen molar-refractivity contribution in [1.82, 2.24) is 14.6 Å². The Bertz CT molecular complexity index is 1450. The Morgan fingerprint density at radius 2 is 2.09 bits per heavy atom. The summed E-state index contributed by atoms with van der Waals surface area (Å²) in [6, 6.07) is 13.9. The molecular formula is C27H32N5O2+. The fraction of sp³-hybridized carbons (Fsp3) is 0.370. The van der Waals surface area contributed by atoms with Crippen LogP contribution in [0.15, 0.2) is 52.4 Å². The monoisotopic (exact) mass is 458 g/mol. The Kier molecular flexibility index (Phi) is 5.73. The molecule has 176 valence electrons. The van der Waals surface area contributed by atoms with E-state index < -0.39 is 0 Å². The zero-order valence-corrected chi connectivity index (χ0v) is 20.3. The minimum absolute atomic E-state index is 0.205. The Morgan fingerprint density at radius 1 is 1.26 bits per heavy atom. The fourth-order valence-corrected chi connectivity index (χ4v) is 5.23. The molecule has 0 radical (unpaired) electrons. The SMILES string of the molecule is COc1ccc(/C=N\n2c(C)nc3c([nH]c4ccccc43)c2=O)cc1C[NH+]1CCCC(C)(C)C1. The average molecular weight is 459 g/mol. The molecule has 0 saturated carbocycles. The quantitative estimate of drug-likeness (QED) is 0.451. The molecule has 34 heavy (non-hydrogen) atoms. The second-order valence-electron chi connectivity index (χ2n) is 10.1. The van der Waals surface area contributed by atoms with Crippen molar-refractivity contribution in [2.24, 2.45) is 10.5 Å². The van der Waals surface area contributed by atoms with Crippen molar-refractivity contribution < 1.29 is 9.64 Å². The highest BCUT2D eigenvalue weighted by molar-refractivity contribution is 6.04. The number of aromatic amines is 1. The second kappa shape index (κ2) is 8.72. The van der Waals surface area contributed by atoms with E-state index in [9.17, 15) is 4.79 Å². The van der Waals surface area contributed by atoms with Crippen molar-refractivity contribution >= 4 is 28.2 Å². The number of hydrogen-bond acceptors (Lipinski definition) is 4. The summed E-state index contributed by atoms with van der Waals surface area (Å²) in [4.78, 5) is 22.6. The number of piperidine rings is 1. The van der Waals surface area contributed by atoms with Gasteiger partial charge >= 0.3 is 0 Å². The van der Waals surface area contributed by atoms with Crippen LogP contribution in [-0.4, -0.2) is 41.1 Å². The minimum Gasteiger partial charge on any atom is -0.496 e. The van der Waals surface area contributed by atoms with Gasteiger partial charge in [-0.1, -0.05) is 32.0 Å². The maximum Gasteiger partial charge on any atom is 0.298 e. The lowest BCUT2D eigenvalue weighted by molar-refractivity contribution is -0.925. The van der Waals surface area contributed by atoms with Crippen molar-refractivity contribution in [1.29, 1.82) is 0 Å². The third-order valence-electron chi connectivity index (χ3n) is 6.84. The molecule has 5 rings (SSSR count). The van der Waals surface area contributed by atoms with E-state index in [0.717, 1.165) is 40.9 Å². The Morgan fingerprint density at radius 3 is 2.88 bits per heavy atom. The normalized spacial score (nSPS) is 18.2. The summed E-state index contributed by atoms with van der Waals surface area (Å²) in [6.07, 6.45) is 4.25. The molecule has 1 aliphatic rings. The number of likely N-dealkylation sites (tertiary alicyclic amines) is 1. The van der Waals surface area contributed by atoms with Crippen LogP contribution in [-0.2, 0) is 6.54 Å². The summed E-state index contributed by atoms with van der Waals surface area (Å²) in [5.41, 5.74) is 4.30. The van der Waals surface area contributed by atoms with E-state index in [1.165, 1.54) is 24.1 Å². The number of fused-ring (bicyclic) bond motifs is 3. The van der Waals surface area contributed by atoms with Gasteiger partial charge in [0.1, 0.15) is 29.2 Å². The molecule has 2 aromatic carbocycles. The van der Waals surface area contributed by atoms with Gasteiger partial charge < -0.3 is 14.6 Å². The van der Waals surface area contributed by atoms with Crippen LogP contribution in [0, 0.1) is 12.3 Å². The van der Waals surface area contributed by atoms with Crippen LogP contribution in [0.5, 0.6) is 5.75 Å². The van der Waals surface area contributed by atoms with Gasteiger partial charge in [0.2, 0.25) is 0 Å². The number of rotatable bonds is 5. The van der Waals surface area contributed by atoms with Gasteiger partial charge in [0.15, 0.2) is 0 Å². The number of ether oxygens (including phenoxy) is 1. The first-order chi connectivity index (χ1) is 16.3. The third kappa shape index (κ3) is 4.23. The summed E-state index contributed by atoms with van der Waals surface area (Å²) < 4.78 is 7.01. The highest BCUT2D eigenvalue weighted by Crippen LogP contribution is 2.24. The van der Waals surface area contributed by atoms with Crippen LogP contribution in [0.3, 0.4) is 0 Å². The first kappa shape index (κ1) is 22.3. The van der Waals surface area contributed by atoms with Crippen LogP contribution < -0.4 is 15.2 Å². The van der Waals surface area contributed by atoms with Gasteiger partial charge in [0.25, 0.3) is 5.56 Å². The summed E-state index contributed by atoms with van der Waals surface area (Å²) in [5, 5.41) is 5.45. The molecule has 0 amide bonds. The van der Waals surface area contributed by atoms with Gasteiger partial charge in [0.05, 0.1) is 26.4 Å². The topological polar surface area (TPSA) is 76.7 Å². The highest BCUT2D eigenvalue weighted by Gasteiger charge is 2.30. The van der Waals surface area contributed by atoms with E-state index in [4.69, 9.17) is 4.74 Å². The predicted octanol–water partition coefficient (Wildman–Crippen LogP) is 3.28. The molecule has 1 saturated heterocycles. The number of para-hydroxylation sites is 1. The van der Waals surface area contributed by atoms with E-state index in [1.807, 2.05) is 36.4 Å². The number of hydrogen-bond donors (Lipinski definition) is 2. The first-order valence-electron chi connectivity index (χ1n) is 11.9. The Hall–Kier alpha value is -3.45. The molecular weight excluding hydrogens is 426 g/mol. The number of nitrogens with one attached hydrogen (secondary N) is 2. The molecule has 1 unspecified atom stereocenters. The van der Waals surface area contributed by atoms with Crippen molar-refractivity contribution in [2.45, 2.75) is 40.2 Å². The van der Waals surface area contributed by atoms with Crippen molar-refractivity contribution in [3.8, 4) is 5.75 Å². The minimum atomic E-state index is -0.205. The Balaban J connectivity index is 1.46. The van der Waals surface area contributed by atoms with E-state index >= 15 is 0 Å². The lowest BCUT2D eigenvalue weighted by Gasteiger charge is -2.35. The molecule has 4 aromatic rings. The Labute approximate surface area is 199 Å². The molecule has 2 aromatic heterocycles. The van der Waals surface area contributed by atoms with Crippen molar-refractivity contribution in [3.63, 3.8) is 0 Å². The zero-order valence-electron chi connectivity index (χ0n) is 20.3. The molecule has 1 aliphatic heterocycles. The number of aromatic nitrogens is 3. The van der Waals surface area contributed by atoms with Crippen LogP contribution >= 0.6 is 0 Å². The number of nitrogens with zero attached hydrogens (tertiary/aromatic N) is 3. The lowest BCUT2D eigenvalue weighted by atomic mass is 9.84. The number of quaternary nitrogens is 1. The molecule has 7 heteroatoms. The molecule has 0 aliphatic carbocycles. The zero-order chi connectivity index (χ0) is 23.9. The van der Waals surface area contributed by atoms with Crippen LogP contribution in [0.4, 0.5) is 0 Å². The number of benzene rings is 2. The van der Waals surface area contributed by atoms with Gasteiger partial charge in [-0.25, -0.2) is 4.98 Å². The fourth-order valence-electron chi connectivity index (χ4n) is 5.23. The number of aryl methyl sites for hydroxylation is 1. The van der Waals surface area contributed by atoms with Gasteiger partial charge in [-0.2, -0.15) is 9.78 Å². The molecule has 1 atom stereocenters. The van der Waals surface area contributed by atoms with E-state index in [-0.39, 0.29) is 5.56 Å². The van der Waals surface area contributed by atoms with E-state index in [2.05, 4.69) is 35.0 Å². The van der Waals surface area contributed by atoms with Gasteiger partial charge in [-0.15, -0.1) is 0 Å². The summed E-state index contributed by atoms with van der Waals surface area (Å²) in [5.74, 6) is 1.44. The standard InChI is InChI=1S/C27H31N5O2/c1-18-29-24-21-8-5-6-9-22(21)30-25(24)26(33)32(18)28-15-19-10-11-23(34-4)20(14-19)16-31-13-7-12-27(2,3)17-31/h5-6,8-11,14-15,30H,7,12-13,16-17H2,1-4H3/p+1/b28-15-. The summed E-state index contributed by atoms with van der Waals surface area (Å²) in [7, 11) is 1.71. The average Bonchev–Trinajstić information content (AvgIpc) is 3.17. The molecule has 2 N–H and O–H groups in total. The summed E-state index contributed by atoms with van der Waals surface area (Å²) in [6.45, 7) is 9.75. The molecule has 0 bridgehead atoms. The lowest BCUT2D eigenvalue weighted by Crippen LogP contribution is -3.13. The number of methoxy groups -OCH3 is 1. The molecule has 3 heterocycles. The van der Waals surface area contributed by atoms with E-state index in [0.29, 0.717) is 22.3 Å². The summed E-state index contributed by atoms with van der Waals surface area (Å²) >= 11 is 0. The maximum absolute atomic E-state index is 13.2. The van der Waals surface area contributed by atoms with E-state index in [1.54, 1.807) is 25.1 Å². The van der Waals surface area contributed by atoms with Crippen LogP contribution in [0.2, 0.25) is 0 Å². The van der Waals surface area contributed by atoms with Gasteiger partial charge in [0, 0.05) is 21.9 Å². The van der Waals surface area contributed by atoms with Gasteiger partial charge in [-0.05, 0) is 49.6 Å². The second-order valence-corrected chi connectivity index (χ2v) is 10.1. The van der Waals surface area contributed by atoms with Gasteiger partial charge in [-0.3, -0.25) is 4.79 Å². The van der Waals surface area contributed by atoms with Crippen LogP contribution in [0.1, 0.15) is 43.6 Å². The molecule has 1 fully saturated rings. The smallest absolute Gasteiger partial charge is 0.298 e. The molecule has 0 spiro atoms. The van der Waals surface area contributed by atoms with Crippen molar-refractivity contribution in [2.75, 3.05) is 20.2 Å². The predicted molar refractivity (Wildman–Crippen MR) is 136 cm³/mol. The first-order valence-corrected chi connectivity index (χ1v) is 11.9. The van der Waals surface area contributed by atoms with Crippen molar-refractivity contribution in [3.05, 3.63) is 69.8 Å². The largest absolute Gasteiger partial charge is 0.496 e. The maximum atomic E-state index is 13.2. The molecule has 7 nitrogen and oxygen atoms in total.